The van der Waals surface area contributed by atoms with Crippen LogP contribution in [0.25, 0.3) is 0 Å². The number of allylic oxidation sites excluding steroid dienone is 3. The number of hydrogen-bond donors (Lipinski definition) is 0. The Hall–Kier alpha value is -2.97. The van der Waals surface area contributed by atoms with Crippen LogP contribution in [0.5, 0.6) is 11.5 Å². The fourth-order valence-electron chi connectivity index (χ4n) is 3.33. The molecular weight excluding hydrogens is 408 g/mol. The molecule has 0 aromatic heterocycles. The Labute approximate surface area is 176 Å². The summed E-state index contributed by atoms with van der Waals surface area (Å²) in [5, 5.41) is 3.51. The number of hydrogen-bond acceptors (Lipinski definition) is 8. The maximum atomic E-state index is 11.2. The molecule has 3 aliphatic rings. The number of methoxy groups -OCH3 is 2. The molecule has 3 heterocycles. The molecule has 3 aliphatic heterocycles. The monoisotopic (exact) mass is 424 g/mol. The van der Waals surface area contributed by atoms with E-state index < -0.39 is 0 Å². The van der Waals surface area contributed by atoms with Crippen LogP contribution in [0.2, 0.25) is 0 Å². The first-order valence-corrected chi connectivity index (χ1v) is 10.4. The Kier molecular flexibility index (Phi) is 4.44. The fourth-order valence-corrected chi connectivity index (χ4v) is 5.42. The van der Waals surface area contributed by atoms with Gasteiger partial charge >= 0.3 is 0 Å². The number of carbonyl (C=O) groups excluding carboxylic acids is 1. The molecule has 0 N–H and O–H groups in total. The summed E-state index contributed by atoms with van der Waals surface area (Å²) in [6.07, 6.45) is 6.24. The second-order valence-electron chi connectivity index (χ2n) is 6.22. The number of ether oxygens (including phenoxy) is 2. The van der Waals surface area contributed by atoms with Gasteiger partial charge in [-0.15, -0.1) is 0 Å². The van der Waals surface area contributed by atoms with Gasteiger partial charge < -0.3 is 14.3 Å². The normalized spacial score (nSPS) is 17.8. The molecule has 2 aromatic carbocycles. The first kappa shape index (κ1) is 18.1. The third-order valence-corrected chi connectivity index (χ3v) is 6.85. The molecule has 8 heteroatoms. The van der Waals surface area contributed by atoms with E-state index in [0.29, 0.717) is 5.88 Å². The molecule has 0 unspecified atom stereocenters. The molecule has 29 heavy (non-hydrogen) atoms. The van der Waals surface area contributed by atoms with Crippen molar-refractivity contribution in [3.8, 4) is 11.5 Å². The lowest BCUT2D eigenvalue weighted by Gasteiger charge is -2.30. The fraction of sp³-hybridized carbons (Fsp3) is 0.0952. The third-order valence-electron chi connectivity index (χ3n) is 4.63. The van der Waals surface area contributed by atoms with Crippen LogP contribution in [0.3, 0.4) is 0 Å². The van der Waals surface area contributed by atoms with Gasteiger partial charge in [0.15, 0.2) is 0 Å². The van der Waals surface area contributed by atoms with Gasteiger partial charge in [-0.1, -0.05) is 29.6 Å². The smallest absolute Gasteiger partial charge is 0.232 e. The predicted molar refractivity (Wildman–Crippen MR) is 114 cm³/mol. The van der Waals surface area contributed by atoms with Crippen molar-refractivity contribution in [2.24, 2.45) is 0 Å². The number of benzene rings is 2. The van der Waals surface area contributed by atoms with Crippen LogP contribution in [0, 0.1) is 0 Å². The highest BCUT2D eigenvalue weighted by Crippen LogP contribution is 2.54. The van der Waals surface area contributed by atoms with E-state index in [9.17, 15) is 4.79 Å². The molecular formula is C21H16N2O4S2. The van der Waals surface area contributed by atoms with Crippen LogP contribution in [-0.4, -0.2) is 20.5 Å². The Balaban J connectivity index is 1.55. The largest absolute Gasteiger partial charge is 0.497 e. The van der Waals surface area contributed by atoms with Crippen molar-refractivity contribution in [3.05, 3.63) is 70.6 Å². The lowest BCUT2D eigenvalue weighted by atomic mass is 10.2. The molecule has 0 radical (unpaired) electrons. The lowest BCUT2D eigenvalue weighted by molar-refractivity contribution is -0.104. The maximum Gasteiger partial charge on any atom is 0.232 e. The van der Waals surface area contributed by atoms with Crippen molar-refractivity contribution in [3.63, 3.8) is 0 Å². The highest BCUT2D eigenvalue weighted by Gasteiger charge is 2.36. The minimum absolute atomic E-state index is 0.595. The predicted octanol–water partition coefficient (Wildman–Crippen LogP) is 4.90. The van der Waals surface area contributed by atoms with E-state index in [1.807, 2.05) is 53.5 Å². The summed E-state index contributed by atoms with van der Waals surface area (Å²) in [6.45, 7) is 0. The first-order chi connectivity index (χ1) is 14.2. The molecule has 0 atom stereocenters. The summed E-state index contributed by atoms with van der Waals surface area (Å²) >= 11 is 3.11. The van der Waals surface area contributed by atoms with Crippen LogP contribution in [-0.2, 0) is 9.63 Å². The topological polar surface area (TPSA) is 51.2 Å². The summed E-state index contributed by atoms with van der Waals surface area (Å²) < 4.78 is 10.9. The SMILES string of the molecule is COc1ccc2c(c1)N(C1=CC=C3Sc4c(OC)cccc4N3O1)/C(=C\C=O)S2. The van der Waals surface area contributed by atoms with E-state index in [-0.39, 0.29) is 0 Å². The number of carbonyl (C=O) groups is 1. The lowest BCUT2D eigenvalue weighted by Crippen LogP contribution is -2.29. The average molecular weight is 425 g/mol. The standard InChI is InChI=1S/C21H16N2O4S2/c1-25-13-6-7-17-15(12-13)22(19(28-17)10-11-24)18-8-9-20-23(27-18)14-4-3-5-16(26-2)21(14)29-20/h3-12H,1-2H3/b19-10+. The van der Waals surface area contributed by atoms with Crippen molar-refractivity contribution in [1.29, 1.82) is 0 Å². The number of fused-ring (bicyclic) bond motifs is 4. The molecule has 0 amide bonds. The molecule has 146 valence electrons. The minimum Gasteiger partial charge on any atom is -0.497 e. The van der Waals surface area contributed by atoms with Gasteiger partial charge in [0.05, 0.1) is 35.5 Å². The molecule has 0 fully saturated rings. The van der Waals surface area contributed by atoms with Gasteiger partial charge in [-0.2, -0.15) is 5.06 Å². The number of rotatable bonds is 4. The van der Waals surface area contributed by atoms with Gasteiger partial charge in [-0.3, -0.25) is 9.69 Å². The Morgan fingerprint density at radius 3 is 2.72 bits per heavy atom. The molecule has 5 rings (SSSR count). The van der Waals surface area contributed by atoms with E-state index in [0.717, 1.165) is 49.0 Å². The quantitative estimate of drug-likeness (QED) is 0.508. The van der Waals surface area contributed by atoms with Gasteiger partial charge in [0.25, 0.3) is 0 Å². The van der Waals surface area contributed by atoms with E-state index >= 15 is 0 Å². The van der Waals surface area contributed by atoms with E-state index in [1.54, 1.807) is 31.0 Å². The van der Waals surface area contributed by atoms with Crippen LogP contribution in [0.15, 0.2) is 80.4 Å². The second-order valence-corrected chi connectivity index (χ2v) is 8.31. The van der Waals surface area contributed by atoms with Crippen molar-refractivity contribution >= 4 is 41.2 Å². The van der Waals surface area contributed by atoms with Gasteiger partial charge in [-0.05, 0) is 30.3 Å². The van der Waals surface area contributed by atoms with E-state index in [4.69, 9.17) is 14.3 Å². The molecule has 0 saturated heterocycles. The number of aldehydes is 1. The summed E-state index contributed by atoms with van der Waals surface area (Å²) in [6, 6.07) is 11.7. The Bertz CT molecular complexity index is 1110. The van der Waals surface area contributed by atoms with Crippen LogP contribution >= 0.6 is 23.5 Å². The van der Waals surface area contributed by atoms with Crippen LogP contribution in [0.1, 0.15) is 0 Å². The molecule has 0 saturated carbocycles. The molecule has 2 aromatic rings. The first-order valence-electron chi connectivity index (χ1n) is 8.80. The minimum atomic E-state index is 0.595. The zero-order valence-electron chi connectivity index (χ0n) is 15.6. The number of hydroxylamine groups is 1. The molecule has 0 spiro atoms. The zero-order valence-corrected chi connectivity index (χ0v) is 17.3. The number of thioether (sulfide) groups is 2. The maximum absolute atomic E-state index is 11.2. The van der Waals surface area contributed by atoms with E-state index in [2.05, 4.69) is 0 Å². The van der Waals surface area contributed by atoms with Gasteiger partial charge in [0.1, 0.15) is 22.8 Å². The van der Waals surface area contributed by atoms with Gasteiger partial charge in [-0.25, -0.2) is 0 Å². The summed E-state index contributed by atoms with van der Waals surface area (Å²) in [5.41, 5.74) is 1.83. The van der Waals surface area contributed by atoms with Crippen molar-refractivity contribution in [1.82, 2.24) is 0 Å². The van der Waals surface area contributed by atoms with Crippen LogP contribution in [0.4, 0.5) is 11.4 Å². The molecule has 6 nitrogen and oxygen atoms in total. The summed E-state index contributed by atoms with van der Waals surface area (Å²) in [5.74, 6) is 2.14. The third kappa shape index (κ3) is 2.87. The summed E-state index contributed by atoms with van der Waals surface area (Å²) in [7, 11) is 3.29. The van der Waals surface area contributed by atoms with Crippen molar-refractivity contribution < 1.29 is 19.1 Å². The Morgan fingerprint density at radius 2 is 1.93 bits per heavy atom. The van der Waals surface area contributed by atoms with Crippen LogP contribution < -0.4 is 19.4 Å². The van der Waals surface area contributed by atoms with E-state index in [1.165, 1.54) is 17.8 Å². The van der Waals surface area contributed by atoms with Crippen molar-refractivity contribution in [2.45, 2.75) is 9.79 Å². The highest BCUT2D eigenvalue weighted by atomic mass is 32.2. The highest BCUT2D eigenvalue weighted by molar-refractivity contribution is 8.04. The molecule has 0 aliphatic carbocycles. The number of nitrogens with zero attached hydrogens (tertiary/aromatic N) is 2. The van der Waals surface area contributed by atoms with Crippen molar-refractivity contribution in [2.75, 3.05) is 24.2 Å². The average Bonchev–Trinajstić information content (AvgIpc) is 3.30. The zero-order chi connectivity index (χ0) is 20.0. The Morgan fingerprint density at radius 1 is 1.03 bits per heavy atom. The second kappa shape index (κ2) is 7.13. The number of anilines is 2. The summed E-state index contributed by atoms with van der Waals surface area (Å²) in [4.78, 5) is 21.5. The van der Waals surface area contributed by atoms with Gasteiger partial charge in [0.2, 0.25) is 5.88 Å². The molecule has 0 bridgehead atoms. The van der Waals surface area contributed by atoms with Gasteiger partial charge in [0, 0.05) is 23.1 Å².